The van der Waals surface area contributed by atoms with E-state index in [2.05, 4.69) is 38.5 Å². The van der Waals surface area contributed by atoms with E-state index in [9.17, 15) is 15.0 Å². The van der Waals surface area contributed by atoms with E-state index in [0.29, 0.717) is 12.0 Å². The van der Waals surface area contributed by atoms with Gasteiger partial charge in [0.2, 0.25) is 6.29 Å². The molecule has 0 saturated carbocycles. The van der Waals surface area contributed by atoms with Gasteiger partial charge in [-0.3, -0.25) is 0 Å². The fourth-order valence-corrected chi connectivity index (χ4v) is 4.39. The van der Waals surface area contributed by atoms with Gasteiger partial charge in [0.1, 0.15) is 0 Å². The number of hydrogen-bond acceptors (Lipinski definition) is 4. The Morgan fingerprint density at radius 1 is 1.38 bits per heavy atom. The van der Waals surface area contributed by atoms with Gasteiger partial charge >= 0.3 is 5.97 Å². The molecule has 4 heteroatoms. The van der Waals surface area contributed by atoms with E-state index in [0.717, 1.165) is 25.7 Å². The zero-order valence-electron chi connectivity index (χ0n) is 18.8. The summed E-state index contributed by atoms with van der Waals surface area (Å²) in [4.78, 5) is 11.1. The summed E-state index contributed by atoms with van der Waals surface area (Å²) in [6.07, 6.45) is 13.9. The molecule has 2 atom stereocenters. The highest BCUT2D eigenvalue weighted by Gasteiger charge is 2.29. The van der Waals surface area contributed by atoms with Gasteiger partial charge in [0.05, 0.1) is 5.60 Å². The molecule has 1 aliphatic carbocycles. The Bertz CT molecular complexity index is 719. The minimum absolute atomic E-state index is 0.249. The highest BCUT2D eigenvalue weighted by molar-refractivity contribution is 5.85. The molecule has 1 aliphatic heterocycles. The molecule has 0 aromatic carbocycles. The lowest BCUT2D eigenvalue weighted by molar-refractivity contribution is -0.151. The van der Waals surface area contributed by atoms with E-state index in [1.807, 2.05) is 19.1 Å². The third kappa shape index (κ3) is 7.27. The van der Waals surface area contributed by atoms with Crippen molar-refractivity contribution in [1.29, 1.82) is 0 Å². The maximum atomic E-state index is 11.1. The lowest BCUT2D eigenvalue weighted by Crippen LogP contribution is -2.25. The molecule has 2 aliphatic rings. The number of esters is 1. The number of carbonyl (C=O) groups excluding carboxylic acids is 1. The first-order valence-corrected chi connectivity index (χ1v) is 10.8. The first kappa shape index (κ1) is 23.6. The van der Waals surface area contributed by atoms with Gasteiger partial charge in [0.25, 0.3) is 0 Å². The Labute approximate surface area is 176 Å². The smallest absolute Gasteiger partial charge is 0.333 e. The van der Waals surface area contributed by atoms with E-state index in [1.54, 1.807) is 0 Å². The number of hydrogen-bond donors (Lipinski definition) is 2. The van der Waals surface area contributed by atoms with Crippen LogP contribution in [0, 0.1) is 5.41 Å². The summed E-state index contributed by atoms with van der Waals surface area (Å²) in [6, 6.07) is 0. The van der Waals surface area contributed by atoms with Gasteiger partial charge in [-0.2, -0.15) is 0 Å². The van der Waals surface area contributed by atoms with E-state index in [-0.39, 0.29) is 5.41 Å². The Hall–Kier alpha value is -1.65. The number of carbonyl (C=O) groups is 1. The fourth-order valence-electron chi connectivity index (χ4n) is 4.39. The monoisotopic (exact) mass is 402 g/mol. The topological polar surface area (TPSA) is 66.8 Å². The number of rotatable bonds is 9. The molecule has 2 N–H and O–H groups in total. The van der Waals surface area contributed by atoms with Gasteiger partial charge in [-0.15, -0.1) is 0 Å². The standard InChI is InChI=1S/C25H38O4/c1-18(9-6-12-20-17-22(26)29-23(20)27)10-7-15-25(5,28)16-13-21-19(2)11-8-14-24(21,3)4/h7,9,15,17,23,27-28H,6,8,10-14,16H2,1-5H3/t23-,25+/m0/s1. The minimum Gasteiger partial charge on any atom is -0.429 e. The van der Waals surface area contributed by atoms with Crippen molar-refractivity contribution in [3.05, 3.63) is 46.6 Å². The third-order valence-electron chi connectivity index (χ3n) is 6.26. The summed E-state index contributed by atoms with van der Waals surface area (Å²) in [5.41, 5.74) is 4.31. The largest absolute Gasteiger partial charge is 0.429 e. The molecule has 4 nitrogen and oxygen atoms in total. The maximum absolute atomic E-state index is 11.1. The van der Waals surface area contributed by atoms with Crippen LogP contribution in [0.1, 0.15) is 86.0 Å². The summed E-state index contributed by atoms with van der Waals surface area (Å²) in [5.74, 6) is -0.471. The Balaban J connectivity index is 1.80. The molecule has 0 radical (unpaired) electrons. The lowest BCUT2D eigenvalue weighted by Gasteiger charge is -2.36. The molecule has 0 bridgehead atoms. The van der Waals surface area contributed by atoms with Crippen LogP contribution in [-0.2, 0) is 9.53 Å². The van der Waals surface area contributed by atoms with E-state index >= 15 is 0 Å². The van der Waals surface area contributed by atoms with Crippen LogP contribution < -0.4 is 0 Å². The molecule has 0 amide bonds. The molecule has 1 heterocycles. The van der Waals surface area contributed by atoms with Gasteiger partial charge in [-0.1, -0.05) is 48.8 Å². The summed E-state index contributed by atoms with van der Waals surface area (Å²) in [5, 5.41) is 20.4. The van der Waals surface area contributed by atoms with E-state index in [4.69, 9.17) is 0 Å². The first-order valence-electron chi connectivity index (χ1n) is 10.8. The van der Waals surface area contributed by atoms with Crippen LogP contribution >= 0.6 is 0 Å². The van der Waals surface area contributed by atoms with Gasteiger partial charge in [-0.25, -0.2) is 4.79 Å². The summed E-state index contributed by atoms with van der Waals surface area (Å²) >= 11 is 0. The van der Waals surface area contributed by atoms with Crippen molar-refractivity contribution in [1.82, 2.24) is 0 Å². The van der Waals surface area contributed by atoms with Crippen molar-refractivity contribution < 1.29 is 19.7 Å². The van der Waals surface area contributed by atoms with Crippen LogP contribution in [0.25, 0.3) is 0 Å². The quantitative estimate of drug-likeness (QED) is 0.394. The van der Waals surface area contributed by atoms with Crippen molar-refractivity contribution >= 4 is 5.97 Å². The van der Waals surface area contributed by atoms with Crippen LogP contribution in [0.3, 0.4) is 0 Å². The molecular weight excluding hydrogens is 364 g/mol. The zero-order chi connectivity index (χ0) is 21.7. The van der Waals surface area contributed by atoms with E-state index < -0.39 is 17.9 Å². The average Bonchev–Trinajstić information content (AvgIpc) is 2.91. The average molecular weight is 403 g/mol. The molecule has 29 heavy (non-hydrogen) atoms. The number of aliphatic hydroxyl groups excluding tert-OH is 1. The Morgan fingerprint density at radius 3 is 2.72 bits per heavy atom. The highest BCUT2D eigenvalue weighted by atomic mass is 16.6. The van der Waals surface area contributed by atoms with E-state index in [1.165, 1.54) is 42.1 Å². The molecule has 0 spiro atoms. The molecule has 0 aromatic rings. The molecule has 2 rings (SSSR count). The summed E-state index contributed by atoms with van der Waals surface area (Å²) < 4.78 is 4.68. The van der Waals surface area contributed by atoms with Crippen molar-refractivity contribution in [2.45, 2.75) is 97.9 Å². The third-order valence-corrected chi connectivity index (χ3v) is 6.26. The molecule has 0 aromatic heterocycles. The maximum Gasteiger partial charge on any atom is 0.333 e. The second-order valence-electron chi connectivity index (χ2n) is 9.56. The molecule has 0 fully saturated rings. The molecule has 162 valence electrons. The Morgan fingerprint density at radius 2 is 2.10 bits per heavy atom. The van der Waals surface area contributed by atoms with Crippen LogP contribution in [0.2, 0.25) is 0 Å². The van der Waals surface area contributed by atoms with Crippen LogP contribution in [0.4, 0.5) is 0 Å². The van der Waals surface area contributed by atoms with Crippen molar-refractivity contribution in [2.75, 3.05) is 0 Å². The SMILES string of the molecule is CC(=CCCC1=CC(=O)O[C@@H]1O)CC=C[C@@](C)(O)CCC1=C(C)CCCC1(C)C. The second-order valence-corrected chi connectivity index (χ2v) is 9.56. The van der Waals surface area contributed by atoms with Gasteiger partial charge in [-0.05, 0) is 77.6 Å². The first-order chi connectivity index (χ1) is 13.5. The number of cyclic esters (lactones) is 1. The molecule has 0 saturated heterocycles. The van der Waals surface area contributed by atoms with Gasteiger partial charge in [0, 0.05) is 11.6 Å². The lowest BCUT2D eigenvalue weighted by atomic mass is 9.70. The van der Waals surface area contributed by atoms with Crippen LogP contribution in [-0.4, -0.2) is 28.1 Å². The van der Waals surface area contributed by atoms with Gasteiger partial charge < -0.3 is 14.9 Å². The van der Waals surface area contributed by atoms with Crippen molar-refractivity contribution in [3.63, 3.8) is 0 Å². The van der Waals surface area contributed by atoms with Crippen molar-refractivity contribution in [3.8, 4) is 0 Å². The number of allylic oxidation sites excluding steroid dienone is 5. The summed E-state index contributed by atoms with van der Waals surface area (Å²) in [6.45, 7) is 10.8. The van der Waals surface area contributed by atoms with Crippen LogP contribution in [0.15, 0.2) is 46.6 Å². The Kier molecular flexibility index (Phi) is 8.07. The predicted molar refractivity (Wildman–Crippen MR) is 117 cm³/mol. The fraction of sp³-hybridized carbons (Fsp3) is 0.640. The normalized spacial score (nSPS) is 24.7. The minimum atomic E-state index is -1.08. The second kappa shape index (κ2) is 9.90. The van der Waals surface area contributed by atoms with Gasteiger partial charge in [0.15, 0.2) is 0 Å². The van der Waals surface area contributed by atoms with Crippen molar-refractivity contribution in [2.24, 2.45) is 5.41 Å². The molecular formula is C25H38O4. The predicted octanol–water partition coefficient (Wildman–Crippen LogP) is 5.52. The molecule has 0 unspecified atom stereocenters. The zero-order valence-corrected chi connectivity index (χ0v) is 18.8. The summed E-state index contributed by atoms with van der Waals surface area (Å²) in [7, 11) is 0. The number of aliphatic hydroxyl groups is 2. The van der Waals surface area contributed by atoms with Crippen LogP contribution in [0.5, 0.6) is 0 Å². The number of ether oxygens (including phenoxy) is 1. The highest BCUT2D eigenvalue weighted by Crippen LogP contribution is 2.43.